The first-order chi connectivity index (χ1) is 9.84. The summed E-state index contributed by atoms with van der Waals surface area (Å²) < 4.78 is 36.2. The van der Waals surface area contributed by atoms with E-state index in [1.165, 1.54) is 11.3 Å². The van der Waals surface area contributed by atoms with Gasteiger partial charge in [-0.15, -0.1) is 11.3 Å². The molecular weight excluding hydrogens is 305 g/mol. The maximum absolute atomic E-state index is 12.1. The highest BCUT2D eigenvalue weighted by Crippen LogP contribution is 2.22. The van der Waals surface area contributed by atoms with Crippen LogP contribution in [-0.2, 0) is 11.3 Å². The average Bonchev–Trinajstić information content (AvgIpc) is 2.82. The number of rotatable bonds is 4. The number of hydrogen-bond acceptors (Lipinski definition) is 5. The van der Waals surface area contributed by atoms with E-state index in [9.17, 15) is 18.0 Å². The van der Waals surface area contributed by atoms with E-state index >= 15 is 0 Å². The molecule has 1 amide bonds. The number of aromatic nitrogens is 1. The number of carbonyl (C=O) groups is 1. The van der Waals surface area contributed by atoms with Gasteiger partial charge in [0, 0.05) is 24.2 Å². The quantitative estimate of drug-likeness (QED) is 0.883. The lowest BCUT2D eigenvalue weighted by atomic mass is 9.97. The number of alkyl halides is 3. The van der Waals surface area contributed by atoms with Gasteiger partial charge < -0.3 is 11.1 Å². The van der Waals surface area contributed by atoms with E-state index in [4.69, 9.17) is 5.73 Å². The van der Waals surface area contributed by atoms with E-state index < -0.39 is 12.1 Å². The Morgan fingerprint density at radius 2 is 2.14 bits per heavy atom. The largest absolute Gasteiger partial charge is 0.471 e. The summed E-state index contributed by atoms with van der Waals surface area (Å²) in [6, 6.07) is 0. The van der Waals surface area contributed by atoms with Crippen molar-refractivity contribution >= 4 is 22.4 Å². The molecule has 9 heteroatoms. The average molecular weight is 322 g/mol. The molecule has 1 saturated heterocycles. The Bertz CT molecular complexity index is 483. The van der Waals surface area contributed by atoms with Gasteiger partial charge in [0.05, 0.1) is 0 Å². The summed E-state index contributed by atoms with van der Waals surface area (Å²) >= 11 is 1.44. The molecule has 0 atom stereocenters. The van der Waals surface area contributed by atoms with Crippen LogP contribution in [0.15, 0.2) is 6.20 Å². The van der Waals surface area contributed by atoms with Crippen LogP contribution in [0.3, 0.4) is 0 Å². The highest BCUT2D eigenvalue weighted by molar-refractivity contribution is 7.15. The number of nitrogens with one attached hydrogen (secondary N) is 1. The van der Waals surface area contributed by atoms with Crippen molar-refractivity contribution in [2.24, 2.45) is 5.92 Å². The van der Waals surface area contributed by atoms with E-state index in [2.05, 4.69) is 9.88 Å². The highest BCUT2D eigenvalue weighted by Gasteiger charge is 2.38. The number of thiazole rings is 1. The van der Waals surface area contributed by atoms with Crippen LogP contribution < -0.4 is 11.1 Å². The van der Waals surface area contributed by atoms with Crippen LogP contribution in [0.4, 0.5) is 18.3 Å². The molecule has 0 aromatic carbocycles. The lowest BCUT2D eigenvalue weighted by Crippen LogP contribution is -2.42. The number of amides is 1. The normalized spacial score (nSPS) is 17.9. The summed E-state index contributed by atoms with van der Waals surface area (Å²) in [7, 11) is 0. The van der Waals surface area contributed by atoms with Gasteiger partial charge in [0.2, 0.25) is 0 Å². The van der Waals surface area contributed by atoms with Crippen molar-refractivity contribution in [1.29, 1.82) is 0 Å². The van der Waals surface area contributed by atoms with Gasteiger partial charge in [0.1, 0.15) is 0 Å². The van der Waals surface area contributed by atoms with Crippen molar-refractivity contribution in [1.82, 2.24) is 15.2 Å². The lowest BCUT2D eigenvalue weighted by molar-refractivity contribution is -0.173. The maximum Gasteiger partial charge on any atom is 0.471 e. The SMILES string of the molecule is Nc1ncc(CN2CCC(CNC(=O)C(F)(F)F)CC2)s1. The predicted octanol–water partition coefficient (Wildman–Crippen LogP) is 1.62. The minimum Gasteiger partial charge on any atom is -0.375 e. The number of hydrogen-bond donors (Lipinski definition) is 2. The van der Waals surface area contributed by atoms with Gasteiger partial charge in [0.15, 0.2) is 5.13 Å². The molecule has 2 rings (SSSR count). The van der Waals surface area contributed by atoms with Gasteiger partial charge >= 0.3 is 12.1 Å². The molecule has 0 radical (unpaired) electrons. The predicted molar refractivity (Wildman–Crippen MR) is 73.6 cm³/mol. The fourth-order valence-corrected chi connectivity index (χ4v) is 3.03. The standard InChI is InChI=1S/C12H17F3N4OS/c13-12(14,15)10(20)17-5-8-1-3-19(4-2-8)7-9-6-18-11(16)21-9/h6,8H,1-5,7H2,(H2,16,18)(H,17,20). The van der Waals surface area contributed by atoms with Crippen molar-refractivity contribution in [3.63, 3.8) is 0 Å². The van der Waals surface area contributed by atoms with Crippen molar-refractivity contribution in [3.05, 3.63) is 11.1 Å². The zero-order valence-electron chi connectivity index (χ0n) is 11.3. The number of nitrogen functional groups attached to an aromatic ring is 1. The van der Waals surface area contributed by atoms with Gasteiger partial charge in [-0.3, -0.25) is 9.69 Å². The molecule has 0 spiro atoms. The van der Waals surface area contributed by atoms with Gasteiger partial charge in [-0.2, -0.15) is 13.2 Å². The molecule has 0 aliphatic carbocycles. The number of anilines is 1. The maximum atomic E-state index is 12.1. The molecule has 0 bridgehead atoms. The summed E-state index contributed by atoms with van der Waals surface area (Å²) in [5.41, 5.74) is 5.57. The lowest BCUT2D eigenvalue weighted by Gasteiger charge is -2.31. The second-order valence-corrected chi connectivity index (χ2v) is 6.24. The van der Waals surface area contributed by atoms with Gasteiger partial charge in [-0.05, 0) is 31.8 Å². The van der Waals surface area contributed by atoms with E-state index in [0.29, 0.717) is 5.13 Å². The topological polar surface area (TPSA) is 71.2 Å². The van der Waals surface area contributed by atoms with Crippen LogP contribution in [0.5, 0.6) is 0 Å². The Balaban J connectivity index is 1.70. The Labute approximate surface area is 124 Å². The molecule has 0 saturated carbocycles. The van der Waals surface area contributed by atoms with E-state index in [0.717, 1.165) is 37.4 Å². The number of nitrogens with two attached hydrogens (primary N) is 1. The Hall–Kier alpha value is -1.35. The van der Waals surface area contributed by atoms with Crippen LogP contribution in [0.1, 0.15) is 17.7 Å². The fraction of sp³-hybridized carbons (Fsp3) is 0.667. The number of piperidine rings is 1. The number of carbonyl (C=O) groups excluding carboxylic acids is 1. The molecule has 1 aliphatic heterocycles. The molecule has 1 aromatic heterocycles. The van der Waals surface area contributed by atoms with Crippen molar-refractivity contribution in [3.8, 4) is 0 Å². The first-order valence-electron chi connectivity index (χ1n) is 6.62. The third kappa shape index (κ3) is 4.85. The van der Waals surface area contributed by atoms with Crippen molar-refractivity contribution < 1.29 is 18.0 Å². The molecule has 1 fully saturated rings. The number of nitrogens with zero attached hydrogens (tertiary/aromatic N) is 2. The summed E-state index contributed by atoms with van der Waals surface area (Å²) in [6.45, 7) is 2.44. The van der Waals surface area contributed by atoms with Gasteiger partial charge in [0.25, 0.3) is 0 Å². The smallest absolute Gasteiger partial charge is 0.375 e. The molecule has 1 aromatic rings. The molecule has 3 N–H and O–H groups in total. The van der Waals surface area contributed by atoms with E-state index in [1.807, 2.05) is 5.32 Å². The Kier molecular flexibility index (Phi) is 5.04. The fourth-order valence-electron chi connectivity index (χ4n) is 2.30. The second-order valence-electron chi connectivity index (χ2n) is 5.09. The summed E-state index contributed by atoms with van der Waals surface area (Å²) in [4.78, 5) is 18.0. The molecule has 118 valence electrons. The molecule has 0 unspecified atom stereocenters. The van der Waals surface area contributed by atoms with E-state index in [1.54, 1.807) is 6.20 Å². The van der Waals surface area contributed by atoms with E-state index in [-0.39, 0.29) is 12.5 Å². The summed E-state index contributed by atoms with van der Waals surface area (Å²) in [5, 5.41) is 2.49. The first-order valence-corrected chi connectivity index (χ1v) is 7.44. The third-order valence-electron chi connectivity index (χ3n) is 3.47. The Morgan fingerprint density at radius 1 is 1.48 bits per heavy atom. The molecule has 1 aliphatic rings. The minimum absolute atomic E-state index is 0.0830. The molecule has 2 heterocycles. The van der Waals surface area contributed by atoms with Crippen molar-refractivity contribution in [2.75, 3.05) is 25.4 Å². The second kappa shape index (κ2) is 6.61. The zero-order chi connectivity index (χ0) is 15.5. The zero-order valence-corrected chi connectivity index (χ0v) is 12.1. The van der Waals surface area contributed by atoms with Crippen LogP contribution in [0.25, 0.3) is 0 Å². The van der Waals surface area contributed by atoms with Crippen LogP contribution in [0.2, 0.25) is 0 Å². The minimum atomic E-state index is -4.80. The highest BCUT2D eigenvalue weighted by atomic mass is 32.1. The summed E-state index contributed by atoms with van der Waals surface area (Å²) in [6.07, 6.45) is -1.51. The first kappa shape index (κ1) is 16.0. The molecule has 21 heavy (non-hydrogen) atoms. The monoisotopic (exact) mass is 322 g/mol. The third-order valence-corrected chi connectivity index (χ3v) is 4.28. The Morgan fingerprint density at radius 3 is 2.67 bits per heavy atom. The molecule has 5 nitrogen and oxygen atoms in total. The van der Waals surface area contributed by atoms with Gasteiger partial charge in [-0.1, -0.05) is 0 Å². The van der Waals surface area contributed by atoms with Gasteiger partial charge in [-0.25, -0.2) is 4.98 Å². The van der Waals surface area contributed by atoms with Crippen LogP contribution in [0, 0.1) is 5.92 Å². The van der Waals surface area contributed by atoms with Crippen molar-refractivity contribution in [2.45, 2.75) is 25.6 Å². The molecular formula is C12H17F3N4OS. The number of likely N-dealkylation sites (tertiary alicyclic amines) is 1. The summed E-state index contributed by atoms with van der Waals surface area (Å²) in [5.74, 6) is -1.76. The number of halogens is 3. The van der Waals surface area contributed by atoms with Crippen LogP contribution >= 0.6 is 11.3 Å². The van der Waals surface area contributed by atoms with Crippen LogP contribution in [-0.4, -0.2) is 41.6 Å².